The number of halogens is 1. The van der Waals surface area contributed by atoms with E-state index in [1.165, 1.54) is 36.5 Å². The third-order valence-corrected chi connectivity index (χ3v) is 12.3. The Kier molecular flexibility index (Phi) is 14.6. The van der Waals surface area contributed by atoms with Crippen LogP contribution < -0.4 is 14.8 Å². The zero-order valence-electron chi connectivity index (χ0n) is 30.7. The van der Waals surface area contributed by atoms with Crippen molar-refractivity contribution >= 4 is 47.4 Å². The van der Waals surface area contributed by atoms with Crippen molar-refractivity contribution < 1.29 is 26.3 Å². The van der Waals surface area contributed by atoms with Gasteiger partial charge in [0.25, 0.3) is 0 Å². The average Bonchev–Trinajstić information content (AvgIpc) is 3.53. The summed E-state index contributed by atoms with van der Waals surface area (Å²) >= 11 is 3.28. The smallest absolute Gasteiger partial charge is 0.229 e. The van der Waals surface area contributed by atoms with Crippen molar-refractivity contribution in [3.63, 3.8) is 0 Å². The molecule has 50 heavy (non-hydrogen) atoms. The second-order valence-corrected chi connectivity index (χ2v) is 18.9. The Morgan fingerprint density at radius 3 is 1.72 bits per heavy atom. The van der Waals surface area contributed by atoms with Crippen molar-refractivity contribution in [2.45, 2.75) is 57.8 Å². The van der Waals surface area contributed by atoms with Gasteiger partial charge in [-0.15, -0.1) is 0 Å². The highest BCUT2D eigenvalue weighted by atomic mass is 79.9. The van der Waals surface area contributed by atoms with Crippen molar-refractivity contribution in [3.8, 4) is 0 Å². The van der Waals surface area contributed by atoms with Crippen LogP contribution in [0.2, 0.25) is 0 Å². The molecule has 282 valence electrons. The predicted octanol–water partition coefficient (Wildman–Crippen LogP) is 5.67. The summed E-state index contributed by atoms with van der Waals surface area (Å²) in [6.07, 6.45) is 5.85. The fourth-order valence-electron chi connectivity index (χ4n) is 7.91. The van der Waals surface area contributed by atoms with Crippen molar-refractivity contribution in [2.75, 3.05) is 86.4 Å². The summed E-state index contributed by atoms with van der Waals surface area (Å²) < 4.78 is 61.3. The summed E-state index contributed by atoms with van der Waals surface area (Å²) in [5.74, 6) is 2.73. The van der Waals surface area contributed by atoms with Gasteiger partial charge in [0, 0.05) is 60.4 Å². The highest BCUT2D eigenvalue weighted by molar-refractivity contribution is 9.09. The quantitative estimate of drug-likeness (QED) is 0.147. The van der Waals surface area contributed by atoms with Crippen LogP contribution in [0.5, 0.6) is 0 Å². The molecule has 0 spiro atoms. The van der Waals surface area contributed by atoms with Crippen molar-refractivity contribution in [3.05, 3.63) is 59.7 Å². The fraction of sp³-hybridized carbons (Fsp3) is 0.676. The van der Waals surface area contributed by atoms with Gasteiger partial charge in [-0.3, -0.25) is 9.44 Å². The number of alkyl halides is 1. The molecule has 2 heterocycles. The summed E-state index contributed by atoms with van der Waals surface area (Å²) in [6, 6.07) is 15.7. The van der Waals surface area contributed by atoms with E-state index >= 15 is 0 Å². The standard InChI is InChI=1S/C18H28N2O3S.C13H18N2O2S.C6H13BrO/c1-4-9-23-10-8-20-12-16-17(13-20)18(16,2)14-6-5-7-15(11-14)19-24(3,21)22;1-13(11-7-14-8-12(11)13)9-4-3-5-10(6-9)15-18(2,16)17;1-2-3-5-8-6-4-7/h5-7,11,16-17,19H,4,8-10,12-13H2,1-3H3;3-6,11-12,14-15H,7-8H2,1-2H3;2-6H2,1H3. The summed E-state index contributed by atoms with van der Waals surface area (Å²) in [4.78, 5) is 2.49. The number of anilines is 2. The highest BCUT2D eigenvalue weighted by Crippen LogP contribution is 2.63. The molecule has 4 fully saturated rings. The Morgan fingerprint density at radius 1 is 0.760 bits per heavy atom. The number of unbranched alkanes of at least 4 members (excludes halogenated alkanes) is 1. The fourth-order valence-corrected chi connectivity index (χ4v) is 9.25. The maximum absolute atomic E-state index is 11.4. The lowest BCUT2D eigenvalue weighted by Crippen LogP contribution is -2.31. The molecule has 2 aromatic rings. The normalized spacial score (nSPS) is 28.0. The van der Waals surface area contributed by atoms with Gasteiger partial charge in [0.15, 0.2) is 0 Å². The van der Waals surface area contributed by atoms with Crippen molar-refractivity contribution in [2.24, 2.45) is 23.7 Å². The zero-order valence-corrected chi connectivity index (χ0v) is 33.9. The SMILES string of the molecule is CC1(c2cccc(NS(C)(=O)=O)c2)C2CNCC21.CCCCOCCBr.CCCOCCN1CC2C(C1)C2(C)c1cccc(NS(C)(=O)=O)c1. The number of hydrogen-bond donors (Lipinski definition) is 3. The van der Waals surface area contributed by atoms with E-state index in [4.69, 9.17) is 9.47 Å². The average molecular weight is 800 g/mol. The number of likely N-dealkylation sites (tertiary alicyclic amines) is 1. The van der Waals surface area contributed by atoms with Gasteiger partial charge in [-0.2, -0.15) is 0 Å². The van der Waals surface area contributed by atoms with E-state index in [0.717, 1.165) is 70.9 Å². The Hall–Kier alpha value is -1.74. The third-order valence-electron chi connectivity index (χ3n) is 10.8. The van der Waals surface area contributed by atoms with Crippen LogP contribution in [0.4, 0.5) is 11.4 Å². The van der Waals surface area contributed by atoms with Crippen LogP contribution in [0.15, 0.2) is 48.5 Å². The van der Waals surface area contributed by atoms with Crippen LogP contribution in [0.3, 0.4) is 0 Å². The number of nitrogens with zero attached hydrogens (tertiary/aromatic N) is 1. The Morgan fingerprint density at radius 2 is 1.26 bits per heavy atom. The molecule has 4 aliphatic rings. The van der Waals surface area contributed by atoms with E-state index in [0.29, 0.717) is 35.0 Å². The molecule has 3 N–H and O–H groups in total. The minimum atomic E-state index is -3.23. The molecule has 0 bridgehead atoms. The Bertz CT molecular complexity index is 1580. The van der Waals surface area contributed by atoms with E-state index in [1.54, 1.807) is 6.07 Å². The number of sulfonamides is 2. The van der Waals surface area contributed by atoms with Gasteiger partial charge in [0.2, 0.25) is 20.0 Å². The number of piperidine rings is 2. The van der Waals surface area contributed by atoms with Crippen LogP contribution in [0.1, 0.15) is 58.1 Å². The van der Waals surface area contributed by atoms with E-state index in [2.05, 4.69) is 75.4 Å². The summed E-state index contributed by atoms with van der Waals surface area (Å²) in [7, 11) is -6.43. The first-order valence-electron chi connectivity index (χ1n) is 18.0. The molecule has 13 heteroatoms. The first kappa shape index (κ1) is 41.0. The van der Waals surface area contributed by atoms with E-state index in [9.17, 15) is 16.8 Å². The maximum atomic E-state index is 11.4. The lowest BCUT2D eigenvalue weighted by atomic mass is 9.92. The minimum Gasteiger partial charge on any atom is -0.381 e. The molecular formula is C37H59BrN4O6S2. The predicted molar refractivity (Wildman–Crippen MR) is 208 cm³/mol. The number of hydrogen-bond acceptors (Lipinski definition) is 8. The second-order valence-electron chi connectivity index (χ2n) is 14.6. The lowest BCUT2D eigenvalue weighted by Gasteiger charge is -2.24. The molecular weight excluding hydrogens is 740 g/mol. The van der Waals surface area contributed by atoms with Gasteiger partial charge in [-0.25, -0.2) is 16.8 Å². The van der Waals surface area contributed by atoms with Crippen LogP contribution in [-0.4, -0.2) is 98.7 Å². The molecule has 0 aromatic heterocycles. The molecule has 2 saturated heterocycles. The monoisotopic (exact) mass is 798 g/mol. The van der Waals surface area contributed by atoms with Crippen LogP contribution in [0, 0.1) is 23.7 Å². The second kappa shape index (κ2) is 17.9. The molecule has 10 nitrogen and oxygen atoms in total. The zero-order chi connectivity index (χ0) is 36.6. The molecule has 0 radical (unpaired) electrons. The molecule has 4 atom stereocenters. The van der Waals surface area contributed by atoms with Gasteiger partial charge in [0.05, 0.1) is 25.7 Å². The van der Waals surface area contributed by atoms with Crippen LogP contribution in [0.25, 0.3) is 0 Å². The first-order chi connectivity index (χ1) is 23.7. The Balaban J connectivity index is 0.000000190. The van der Waals surface area contributed by atoms with Gasteiger partial charge in [-0.05, 0) is 85.0 Å². The lowest BCUT2D eigenvalue weighted by molar-refractivity contribution is 0.106. The van der Waals surface area contributed by atoms with Crippen molar-refractivity contribution in [1.29, 1.82) is 0 Å². The van der Waals surface area contributed by atoms with Gasteiger partial charge < -0.3 is 19.7 Å². The minimum absolute atomic E-state index is 0.177. The molecule has 2 aliphatic heterocycles. The number of ether oxygens (including phenoxy) is 2. The number of nitrogens with one attached hydrogen (secondary N) is 3. The van der Waals surface area contributed by atoms with E-state index in [-0.39, 0.29) is 10.8 Å². The summed E-state index contributed by atoms with van der Waals surface area (Å²) in [5.41, 5.74) is 4.21. The molecule has 2 saturated carbocycles. The number of benzene rings is 2. The van der Waals surface area contributed by atoms with E-state index < -0.39 is 20.0 Å². The summed E-state index contributed by atoms with van der Waals surface area (Å²) in [5, 5.41) is 4.34. The molecule has 2 aromatic carbocycles. The molecule has 6 rings (SSSR count). The topological polar surface area (TPSA) is 126 Å². The van der Waals surface area contributed by atoms with Crippen LogP contribution >= 0.6 is 15.9 Å². The van der Waals surface area contributed by atoms with Gasteiger partial charge in [0.1, 0.15) is 0 Å². The third kappa shape index (κ3) is 10.9. The van der Waals surface area contributed by atoms with Gasteiger partial charge in [-0.1, -0.05) is 74.3 Å². The van der Waals surface area contributed by atoms with Crippen molar-refractivity contribution in [1.82, 2.24) is 10.2 Å². The van der Waals surface area contributed by atoms with Gasteiger partial charge >= 0.3 is 0 Å². The highest BCUT2D eigenvalue weighted by Gasteiger charge is 2.65. The molecule has 0 amide bonds. The summed E-state index contributed by atoms with van der Waals surface area (Å²) in [6.45, 7) is 17.7. The number of rotatable bonds is 16. The first-order valence-corrected chi connectivity index (χ1v) is 22.9. The number of fused-ring (bicyclic) bond motifs is 2. The maximum Gasteiger partial charge on any atom is 0.229 e. The largest absolute Gasteiger partial charge is 0.381 e. The van der Waals surface area contributed by atoms with Crippen LogP contribution in [-0.2, 0) is 40.4 Å². The Labute approximate surface area is 310 Å². The molecule has 2 aliphatic carbocycles. The molecule has 4 unspecified atom stereocenters. The van der Waals surface area contributed by atoms with E-state index in [1.807, 2.05) is 30.3 Å².